The lowest BCUT2D eigenvalue weighted by molar-refractivity contribution is -0.137. The highest BCUT2D eigenvalue weighted by Gasteiger charge is 2.40. The van der Waals surface area contributed by atoms with Gasteiger partial charge in [0.15, 0.2) is 9.84 Å². The van der Waals surface area contributed by atoms with E-state index in [1.54, 1.807) is 6.92 Å². The van der Waals surface area contributed by atoms with Gasteiger partial charge in [0.1, 0.15) is 0 Å². The summed E-state index contributed by atoms with van der Waals surface area (Å²) in [6.45, 7) is 1.65. The van der Waals surface area contributed by atoms with Gasteiger partial charge in [0.05, 0.1) is 23.1 Å². The molecular formula is C10H18N2O5S. The van der Waals surface area contributed by atoms with Crippen LogP contribution in [0, 0.1) is 0 Å². The fourth-order valence-electron chi connectivity index (χ4n) is 1.91. The summed E-state index contributed by atoms with van der Waals surface area (Å²) >= 11 is 0. The third kappa shape index (κ3) is 4.26. The molecule has 0 bridgehead atoms. The first-order valence-electron chi connectivity index (χ1n) is 5.63. The van der Waals surface area contributed by atoms with Crippen LogP contribution in [-0.2, 0) is 19.4 Å². The molecule has 4 N–H and O–H groups in total. The van der Waals surface area contributed by atoms with Crippen LogP contribution in [0.4, 0.5) is 0 Å². The zero-order chi connectivity index (χ0) is 14.0. The zero-order valence-corrected chi connectivity index (χ0v) is 11.0. The molecule has 0 aromatic rings. The predicted octanol–water partition coefficient (Wildman–Crippen LogP) is -1.13. The largest absolute Gasteiger partial charge is 0.481 e. The Kier molecular flexibility index (Phi) is 4.33. The summed E-state index contributed by atoms with van der Waals surface area (Å²) in [7, 11) is -3.10. The number of carboxylic acids is 1. The van der Waals surface area contributed by atoms with Gasteiger partial charge in [0.2, 0.25) is 5.91 Å². The van der Waals surface area contributed by atoms with Gasteiger partial charge >= 0.3 is 5.97 Å². The number of rotatable bonds is 5. The smallest absolute Gasteiger partial charge is 0.303 e. The molecular weight excluding hydrogens is 260 g/mol. The van der Waals surface area contributed by atoms with Crippen molar-refractivity contribution < 1.29 is 23.1 Å². The molecule has 2 atom stereocenters. The molecule has 0 radical (unpaired) electrons. The number of aliphatic carboxylic acids is 1. The number of nitrogens with two attached hydrogens (primary N) is 1. The third-order valence-corrected chi connectivity index (χ3v) is 4.84. The van der Waals surface area contributed by atoms with Crippen molar-refractivity contribution in [1.82, 2.24) is 5.32 Å². The molecule has 0 aliphatic carbocycles. The van der Waals surface area contributed by atoms with E-state index in [1.165, 1.54) is 0 Å². The molecule has 8 heteroatoms. The monoisotopic (exact) mass is 278 g/mol. The highest BCUT2D eigenvalue weighted by molar-refractivity contribution is 7.91. The van der Waals surface area contributed by atoms with Crippen LogP contribution in [0.15, 0.2) is 0 Å². The van der Waals surface area contributed by atoms with Crippen molar-refractivity contribution in [2.24, 2.45) is 5.73 Å². The van der Waals surface area contributed by atoms with Crippen molar-refractivity contribution in [3.05, 3.63) is 0 Å². The number of hydrogen-bond acceptors (Lipinski definition) is 5. The molecule has 18 heavy (non-hydrogen) atoms. The Balaban J connectivity index is 2.52. The van der Waals surface area contributed by atoms with E-state index in [-0.39, 0.29) is 24.3 Å². The number of carbonyl (C=O) groups is 2. The van der Waals surface area contributed by atoms with E-state index < -0.39 is 33.3 Å². The molecule has 1 saturated heterocycles. The SMILES string of the molecule is CC1(NC(=O)C(N)CCC(=O)O)CCS(=O)(=O)C1. The Morgan fingerprint density at radius 3 is 2.56 bits per heavy atom. The minimum atomic E-state index is -3.10. The maximum Gasteiger partial charge on any atom is 0.303 e. The van der Waals surface area contributed by atoms with Crippen molar-refractivity contribution in [2.45, 2.75) is 37.8 Å². The normalized spacial score (nSPS) is 27.7. The van der Waals surface area contributed by atoms with E-state index in [1.807, 2.05) is 0 Å². The molecule has 2 unspecified atom stereocenters. The van der Waals surface area contributed by atoms with Crippen LogP contribution >= 0.6 is 0 Å². The van der Waals surface area contributed by atoms with Gasteiger partial charge in [0, 0.05) is 6.42 Å². The Bertz CT molecular complexity index is 447. The van der Waals surface area contributed by atoms with E-state index in [0.29, 0.717) is 6.42 Å². The quantitative estimate of drug-likeness (QED) is 0.584. The Morgan fingerprint density at radius 1 is 1.50 bits per heavy atom. The molecule has 1 rings (SSSR count). The fourth-order valence-corrected chi connectivity index (χ4v) is 4.00. The van der Waals surface area contributed by atoms with Gasteiger partial charge in [-0.2, -0.15) is 0 Å². The van der Waals surface area contributed by atoms with Gasteiger partial charge in [-0.3, -0.25) is 9.59 Å². The summed E-state index contributed by atoms with van der Waals surface area (Å²) in [5.74, 6) is -1.57. The molecule has 1 fully saturated rings. The lowest BCUT2D eigenvalue weighted by atomic mass is 10.0. The lowest BCUT2D eigenvalue weighted by Crippen LogP contribution is -2.52. The molecule has 1 amide bonds. The number of carboxylic acid groups (broad SMARTS) is 1. The number of carbonyl (C=O) groups excluding carboxylic acids is 1. The second-order valence-corrected chi connectivity index (χ2v) is 7.11. The summed E-state index contributed by atoms with van der Waals surface area (Å²) in [6, 6.07) is -0.929. The van der Waals surface area contributed by atoms with Gasteiger partial charge in [0.25, 0.3) is 0 Å². The zero-order valence-electron chi connectivity index (χ0n) is 10.2. The lowest BCUT2D eigenvalue weighted by Gasteiger charge is -2.25. The number of sulfone groups is 1. The van der Waals surface area contributed by atoms with E-state index in [4.69, 9.17) is 10.8 Å². The molecule has 1 heterocycles. The van der Waals surface area contributed by atoms with Crippen LogP contribution in [0.1, 0.15) is 26.2 Å². The topological polar surface area (TPSA) is 127 Å². The van der Waals surface area contributed by atoms with Crippen LogP contribution in [-0.4, -0.2) is 48.5 Å². The highest BCUT2D eigenvalue weighted by Crippen LogP contribution is 2.22. The Hall–Kier alpha value is -1.15. The minimum Gasteiger partial charge on any atom is -0.481 e. The highest BCUT2D eigenvalue weighted by atomic mass is 32.2. The summed E-state index contributed by atoms with van der Waals surface area (Å²) in [4.78, 5) is 22.1. The summed E-state index contributed by atoms with van der Waals surface area (Å²) < 4.78 is 22.7. The van der Waals surface area contributed by atoms with Gasteiger partial charge in [-0.05, 0) is 19.8 Å². The van der Waals surface area contributed by atoms with Crippen LogP contribution in [0.25, 0.3) is 0 Å². The van der Waals surface area contributed by atoms with Crippen molar-refractivity contribution in [3.8, 4) is 0 Å². The molecule has 7 nitrogen and oxygen atoms in total. The Morgan fingerprint density at radius 2 is 2.11 bits per heavy atom. The van der Waals surface area contributed by atoms with Gasteiger partial charge in [-0.25, -0.2) is 8.42 Å². The molecule has 0 saturated carbocycles. The molecule has 104 valence electrons. The molecule has 0 spiro atoms. The number of amides is 1. The first-order valence-corrected chi connectivity index (χ1v) is 7.45. The summed E-state index contributed by atoms with van der Waals surface area (Å²) in [5.41, 5.74) is 4.75. The van der Waals surface area contributed by atoms with Crippen LogP contribution in [0.3, 0.4) is 0 Å². The maximum atomic E-state index is 11.7. The molecule has 1 aliphatic heterocycles. The second kappa shape index (κ2) is 5.23. The minimum absolute atomic E-state index is 0.0317. The molecule has 0 aromatic carbocycles. The maximum absolute atomic E-state index is 11.7. The van der Waals surface area contributed by atoms with E-state index in [2.05, 4.69) is 5.32 Å². The fraction of sp³-hybridized carbons (Fsp3) is 0.800. The first kappa shape index (κ1) is 14.9. The van der Waals surface area contributed by atoms with Crippen molar-refractivity contribution in [1.29, 1.82) is 0 Å². The number of nitrogens with one attached hydrogen (secondary N) is 1. The predicted molar refractivity (Wildman–Crippen MR) is 64.7 cm³/mol. The molecule has 1 aliphatic rings. The van der Waals surface area contributed by atoms with E-state index in [0.717, 1.165) is 0 Å². The van der Waals surface area contributed by atoms with Crippen molar-refractivity contribution in [2.75, 3.05) is 11.5 Å². The summed E-state index contributed by atoms with van der Waals surface area (Å²) in [5, 5.41) is 11.1. The average Bonchev–Trinajstić information content (AvgIpc) is 2.49. The van der Waals surface area contributed by atoms with Crippen molar-refractivity contribution in [3.63, 3.8) is 0 Å². The second-order valence-electron chi connectivity index (χ2n) is 4.93. The van der Waals surface area contributed by atoms with Crippen LogP contribution in [0.2, 0.25) is 0 Å². The van der Waals surface area contributed by atoms with E-state index in [9.17, 15) is 18.0 Å². The van der Waals surface area contributed by atoms with Crippen molar-refractivity contribution >= 4 is 21.7 Å². The molecule has 0 aromatic heterocycles. The van der Waals surface area contributed by atoms with E-state index >= 15 is 0 Å². The third-order valence-electron chi connectivity index (χ3n) is 2.93. The van der Waals surface area contributed by atoms with Gasteiger partial charge < -0.3 is 16.2 Å². The number of hydrogen-bond donors (Lipinski definition) is 3. The Labute approximate surface area is 106 Å². The van der Waals surface area contributed by atoms with Crippen LogP contribution < -0.4 is 11.1 Å². The summed E-state index contributed by atoms with van der Waals surface area (Å²) in [6.07, 6.45) is 0.195. The van der Waals surface area contributed by atoms with Gasteiger partial charge in [-0.1, -0.05) is 0 Å². The van der Waals surface area contributed by atoms with Gasteiger partial charge in [-0.15, -0.1) is 0 Å². The average molecular weight is 278 g/mol. The van der Waals surface area contributed by atoms with Crippen LogP contribution in [0.5, 0.6) is 0 Å². The standard InChI is InChI=1S/C10H18N2O5S/c1-10(4-5-18(16,17)6-10)12-9(15)7(11)2-3-8(13)14/h7H,2-6,11H2,1H3,(H,12,15)(H,13,14). The first-order chi connectivity index (χ1) is 8.14.